The molecule has 0 aromatic carbocycles. The van der Waals surface area contributed by atoms with Crippen molar-refractivity contribution in [2.24, 2.45) is 5.73 Å². The normalized spacial score (nSPS) is 11.8. The standard InChI is InChI=1S/C12H22N4O3.ClH/c1-3-4-5-10(6-13)15-11(17)7-18-8-12-14-9(2)16-19-12;/h10H,3-8,13H2,1-2H3,(H,15,17);1H. The van der Waals surface area contributed by atoms with Crippen molar-refractivity contribution < 1.29 is 14.1 Å². The molecule has 7 nitrogen and oxygen atoms in total. The fourth-order valence-corrected chi connectivity index (χ4v) is 1.60. The summed E-state index contributed by atoms with van der Waals surface area (Å²) in [7, 11) is 0. The number of unbranched alkanes of at least 4 members (excludes halogenated alkanes) is 1. The first-order valence-electron chi connectivity index (χ1n) is 6.52. The Bertz CT molecular complexity index is 387. The molecule has 0 bridgehead atoms. The second-order valence-electron chi connectivity index (χ2n) is 4.37. The highest BCUT2D eigenvalue weighted by Gasteiger charge is 2.11. The van der Waals surface area contributed by atoms with E-state index in [1.54, 1.807) is 6.92 Å². The summed E-state index contributed by atoms with van der Waals surface area (Å²) in [5, 5.41) is 6.46. The highest BCUT2D eigenvalue weighted by Crippen LogP contribution is 2.00. The minimum atomic E-state index is -0.178. The van der Waals surface area contributed by atoms with Gasteiger partial charge in [-0.2, -0.15) is 4.98 Å². The molecule has 1 unspecified atom stereocenters. The number of nitrogens with two attached hydrogens (primary N) is 1. The number of carbonyl (C=O) groups is 1. The molecule has 0 radical (unpaired) electrons. The largest absolute Gasteiger partial charge is 0.362 e. The van der Waals surface area contributed by atoms with Crippen molar-refractivity contribution >= 4 is 18.3 Å². The van der Waals surface area contributed by atoms with Gasteiger partial charge in [0.05, 0.1) is 0 Å². The number of halogens is 1. The monoisotopic (exact) mass is 306 g/mol. The number of nitrogens with one attached hydrogen (secondary N) is 1. The van der Waals surface area contributed by atoms with E-state index in [0.29, 0.717) is 18.3 Å². The van der Waals surface area contributed by atoms with E-state index in [9.17, 15) is 4.79 Å². The van der Waals surface area contributed by atoms with Gasteiger partial charge in [0.2, 0.25) is 5.91 Å². The van der Waals surface area contributed by atoms with Gasteiger partial charge < -0.3 is 20.3 Å². The summed E-state index contributed by atoms with van der Waals surface area (Å²) in [5.41, 5.74) is 5.60. The van der Waals surface area contributed by atoms with Crippen LogP contribution in [0.3, 0.4) is 0 Å². The van der Waals surface area contributed by atoms with Gasteiger partial charge in [-0.3, -0.25) is 4.79 Å². The highest BCUT2D eigenvalue weighted by atomic mass is 35.5. The number of ether oxygens (including phenoxy) is 1. The van der Waals surface area contributed by atoms with Crippen LogP contribution in [0.2, 0.25) is 0 Å². The van der Waals surface area contributed by atoms with Crippen LogP contribution in [0.15, 0.2) is 4.52 Å². The quantitative estimate of drug-likeness (QED) is 0.704. The molecule has 3 N–H and O–H groups in total. The second kappa shape index (κ2) is 10.6. The number of aryl methyl sites for hydroxylation is 1. The van der Waals surface area contributed by atoms with Crippen LogP contribution in [0, 0.1) is 6.92 Å². The molecule has 116 valence electrons. The molecule has 0 saturated carbocycles. The molecule has 0 spiro atoms. The smallest absolute Gasteiger partial charge is 0.252 e. The molecule has 1 aromatic heterocycles. The number of carbonyl (C=O) groups excluding carboxylic acids is 1. The van der Waals surface area contributed by atoms with E-state index in [0.717, 1.165) is 19.3 Å². The molecule has 20 heavy (non-hydrogen) atoms. The predicted molar refractivity (Wildman–Crippen MR) is 76.4 cm³/mol. The summed E-state index contributed by atoms with van der Waals surface area (Å²) in [4.78, 5) is 15.6. The van der Waals surface area contributed by atoms with E-state index in [1.807, 2.05) is 0 Å². The first kappa shape index (κ1) is 18.8. The molecule has 1 rings (SSSR count). The van der Waals surface area contributed by atoms with Gasteiger partial charge >= 0.3 is 0 Å². The number of nitrogens with zero attached hydrogens (tertiary/aromatic N) is 2. The van der Waals surface area contributed by atoms with Crippen LogP contribution in [-0.4, -0.2) is 35.2 Å². The number of rotatable bonds is 9. The molecule has 1 atom stereocenters. The first-order valence-corrected chi connectivity index (χ1v) is 6.52. The van der Waals surface area contributed by atoms with Gasteiger partial charge in [0.15, 0.2) is 5.82 Å². The first-order chi connectivity index (χ1) is 9.15. The molecule has 1 amide bonds. The average molecular weight is 307 g/mol. The van der Waals surface area contributed by atoms with Gasteiger partial charge in [0.25, 0.3) is 5.89 Å². The van der Waals surface area contributed by atoms with Crippen LogP contribution in [0.4, 0.5) is 0 Å². The molecule has 0 aliphatic carbocycles. The van der Waals surface area contributed by atoms with Crippen molar-refractivity contribution in [2.75, 3.05) is 13.2 Å². The predicted octanol–water partition coefficient (Wildman–Crippen LogP) is 0.950. The van der Waals surface area contributed by atoms with Crippen LogP contribution in [0.5, 0.6) is 0 Å². The van der Waals surface area contributed by atoms with E-state index >= 15 is 0 Å². The Kier molecular flexibility index (Phi) is 9.96. The number of aromatic nitrogens is 2. The van der Waals surface area contributed by atoms with Crippen molar-refractivity contribution in [1.82, 2.24) is 15.5 Å². The van der Waals surface area contributed by atoms with Gasteiger partial charge in [-0.1, -0.05) is 24.9 Å². The fraction of sp³-hybridized carbons (Fsp3) is 0.750. The third-order valence-electron chi connectivity index (χ3n) is 2.58. The van der Waals surface area contributed by atoms with Crippen molar-refractivity contribution in [3.8, 4) is 0 Å². The molecule has 0 aliphatic heterocycles. The molecular weight excluding hydrogens is 284 g/mol. The van der Waals surface area contributed by atoms with Gasteiger partial charge in [-0.25, -0.2) is 0 Å². The van der Waals surface area contributed by atoms with Crippen molar-refractivity contribution in [2.45, 2.75) is 45.8 Å². The molecule has 8 heteroatoms. The number of amides is 1. The summed E-state index contributed by atoms with van der Waals surface area (Å²) in [6, 6.07) is 0.0155. The average Bonchev–Trinajstić information content (AvgIpc) is 2.80. The number of hydrogen-bond donors (Lipinski definition) is 2. The Hall–Kier alpha value is -1.18. The zero-order valence-corrected chi connectivity index (χ0v) is 12.7. The third kappa shape index (κ3) is 7.42. The SMILES string of the molecule is CCCCC(CN)NC(=O)COCc1nc(C)no1.Cl. The van der Waals surface area contributed by atoms with E-state index in [-0.39, 0.29) is 37.6 Å². The lowest BCUT2D eigenvalue weighted by Crippen LogP contribution is -2.41. The van der Waals surface area contributed by atoms with Crippen molar-refractivity contribution in [3.63, 3.8) is 0 Å². The van der Waals surface area contributed by atoms with E-state index < -0.39 is 0 Å². The maximum atomic E-state index is 11.6. The fourth-order valence-electron chi connectivity index (χ4n) is 1.60. The molecular formula is C12H23ClN4O3. The van der Waals surface area contributed by atoms with Crippen LogP contribution >= 0.6 is 12.4 Å². The summed E-state index contributed by atoms with van der Waals surface area (Å²) < 4.78 is 10.1. The lowest BCUT2D eigenvalue weighted by Gasteiger charge is -2.16. The van der Waals surface area contributed by atoms with E-state index in [1.165, 1.54) is 0 Å². The molecule has 1 heterocycles. The Labute approximate surface area is 125 Å². The minimum Gasteiger partial charge on any atom is -0.362 e. The summed E-state index contributed by atoms with van der Waals surface area (Å²) in [5.74, 6) is 0.736. The van der Waals surface area contributed by atoms with Gasteiger partial charge in [0.1, 0.15) is 13.2 Å². The molecule has 0 saturated heterocycles. The lowest BCUT2D eigenvalue weighted by molar-refractivity contribution is -0.127. The lowest BCUT2D eigenvalue weighted by atomic mass is 10.1. The van der Waals surface area contributed by atoms with Crippen LogP contribution in [0.1, 0.15) is 37.9 Å². The molecule has 0 aliphatic rings. The van der Waals surface area contributed by atoms with E-state index in [4.69, 9.17) is 15.0 Å². The van der Waals surface area contributed by atoms with Crippen LogP contribution < -0.4 is 11.1 Å². The van der Waals surface area contributed by atoms with Crippen LogP contribution in [-0.2, 0) is 16.1 Å². The second-order valence-corrected chi connectivity index (χ2v) is 4.37. The summed E-state index contributed by atoms with van der Waals surface area (Å²) >= 11 is 0. The van der Waals surface area contributed by atoms with Crippen LogP contribution in [0.25, 0.3) is 0 Å². The summed E-state index contributed by atoms with van der Waals surface area (Å²) in [6.07, 6.45) is 3.02. The van der Waals surface area contributed by atoms with Gasteiger partial charge in [-0.05, 0) is 13.3 Å². The summed E-state index contributed by atoms with van der Waals surface area (Å²) in [6.45, 7) is 4.36. The zero-order chi connectivity index (χ0) is 14.1. The topological polar surface area (TPSA) is 103 Å². The van der Waals surface area contributed by atoms with Gasteiger partial charge in [0, 0.05) is 12.6 Å². The van der Waals surface area contributed by atoms with Gasteiger partial charge in [-0.15, -0.1) is 12.4 Å². The molecule has 1 aromatic rings. The minimum absolute atomic E-state index is 0. The third-order valence-corrected chi connectivity index (χ3v) is 2.58. The Morgan fingerprint density at radius 1 is 1.55 bits per heavy atom. The highest BCUT2D eigenvalue weighted by molar-refractivity contribution is 5.85. The zero-order valence-electron chi connectivity index (χ0n) is 11.9. The maximum absolute atomic E-state index is 11.6. The Balaban J connectivity index is 0.00000361. The Morgan fingerprint density at radius 3 is 2.85 bits per heavy atom. The van der Waals surface area contributed by atoms with E-state index in [2.05, 4.69) is 22.4 Å². The number of hydrogen-bond acceptors (Lipinski definition) is 6. The van der Waals surface area contributed by atoms with Crippen molar-refractivity contribution in [3.05, 3.63) is 11.7 Å². The Morgan fingerprint density at radius 2 is 2.30 bits per heavy atom. The van der Waals surface area contributed by atoms with Crippen molar-refractivity contribution in [1.29, 1.82) is 0 Å². The maximum Gasteiger partial charge on any atom is 0.252 e. The molecule has 0 fully saturated rings.